The van der Waals surface area contributed by atoms with Crippen LogP contribution in [0.2, 0.25) is 0 Å². The van der Waals surface area contributed by atoms with E-state index in [-0.39, 0.29) is 5.41 Å². The second kappa shape index (κ2) is 2.19. The van der Waals surface area contributed by atoms with Crippen molar-refractivity contribution in [3.8, 4) is 0 Å². The zero-order valence-corrected chi connectivity index (χ0v) is 7.19. The number of rotatable bonds is 0. The SMILES string of the molecule is CC1(C)CNc2ccc(F)nc21. The Morgan fingerprint density at radius 3 is 3.00 bits per heavy atom. The Balaban J connectivity index is 2.57. The first-order valence-electron chi connectivity index (χ1n) is 4.00. The Kier molecular flexibility index (Phi) is 1.37. The minimum Gasteiger partial charge on any atom is -0.383 e. The molecule has 0 aromatic carbocycles. The number of nitrogens with one attached hydrogen (secondary N) is 1. The summed E-state index contributed by atoms with van der Waals surface area (Å²) in [4.78, 5) is 3.88. The van der Waals surface area contributed by atoms with E-state index in [9.17, 15) is 4.39 Å². The van der Waals surface area contributed by atoms with E-state index in [2.05, 4.69) is 24.1 Å². The van der Waals surface area contributed by atoms with Gasteiger partial charge in [0.05, 0.1) is 11.4 Å². The summed E-state index contributed by atoms with van der Waals surface area (Å²) in [6, 6.07) is 3.12. The predicted octanol–water partition coefficient (Wildman–Crippen LogP) is 1.92. The maximum absolute atomic E-state index is 12.8. The second-order valence-corrected chi connectivity index (χ2v) is 3.77. The summed E-state index contributed by atoms with van der Waals surface area (Å²) >= 11 is 0. The molecule has 0 saturated carbocycles. The summed E-state index contributed by atoms with van der Waals surface area (Å²) in [6.07, 6.45) is 0. The van der Waals surface area contributed by atoms with Crippen LogP contribution in [0.15, 0.2) is 12.1 Å². The fourth-order valence-electron chi connectivity index (χ4n) is 1.49. The molecule has 2 nitrogen and oxygen atoms in total. The van der Waals surface area contributed by atoms with E-state index in [1.807, 2.05) is 0 Å². The molecule has 64 valence electrons. The molecule has 1 aliphatic rings. The third-order valence-corrected chi connectivity index (χ3v) is 2.22. The van der Waals surface area contributed by atoms with Gasteiger partial charge in [-0.1, -0.05) is 13.8 Å². The van der Waals surface area contributed by atoms with Crippen LogP contribution in [-0.4, -0.2) is 11.5 Å². The van der Waals surface area contributed by atoms with Crippen LogP contribution in [-0.2, 0) is 5.41 Å². The van der Waals surface area contributed by atoms with Gasteiger partial charge in [0.15, 0.2) is 0 Å². The Morgan fingerprint density at radius 2 is 2.25 bits per heavy atom. The number of hydrogen-bond acceptors (Lipinski definition) is 2. The van der Waals surface area contributed by atoms with Gasteiger partial charge in [-0.3, -0.25) is 0 Å². The highest BCUT2D eigenvalue weighted by Crippen LogP contribution is 2.34. The van der Waals surface area contributed by atoms with Crippen molar-refractivity contribution in [2.45, 2.75) is 19.3 Å². The minimum absolute atomic E-state index is 0.0442. The lowest BCUT2D eigenvalue weighted by molar-refractivity contribution is 0.529. The van der Waals surface area contributed by atoms with Crippen molar-refractivity contribution in [1.82, 2.24) is 4.98 Å². The third kappa shape index (κ3) is 0.967. The smallest absolute Gasteiger partial charge is 0.213 e. The Morgan fingerprint density at radius 1 is 1.50 bits per heavy atom. The van der Waals surface area contributed by atoms with E-state index in [4.69, 9.17) is 0 Å². The molecule has 0 radical (unpaired) electrons. The fourth-order valence-corrected chi connectivity index (χ4v) is 1.49. The molecule has 3 heteroatoms. The van der Waals surface area contributed by atoms with Crippen LogP contribution < -0.4 is 5.32 Å². The monoisotopic (exact) mass is 166 g/mol. The largest absolute Gasteiger partial charge is 0.383 e. The molecule has 0 bridgehead atoms. The molecule has 0 atom stereocenters. The van der Waals surface area contributed by atoms with Crippen LogP contribution in [0.4, 0.5) is 10.1 Å². The normalized spacial score (nSPS) is 18.6. The van der Waals surface area contributed by atoms with Crippen LogP contribution in [0, 0.1) is 5.95 Å². The maximum Gasteiger partial charge on any atom is 0.213 e. The van der Waals surface area contributed by atoms with Gasteiger partial charge in [-0.25, -0.2) is 4.98 Å². The van der Waals surface area contributed by atoms with Crippen molar-refractivity contribution in [2.75, 3.05) is 11.9 Å². The van der Waals surface area contributed by atoms with Gasteiger partial charge in [-0.2, -0.15) is 4.39 Å². The molecule has 0 unspecified atom stereocenters. The van der Waals surface area contributed by atoms with E-state index >= 15 is 0 Å². The molecule has 0 aliphatic carbocycles. The molecular formula is C9H11FN2. The quantitative estimate of drug-likeness (QED) is 0.595. The Bertz CT molecular complexity index is 320. The molecule has 1 aromatic rings. The number of hydrogen-bond donors (Lipinski definition) is 1. The summed E-state index contributed by atoms with van der Waals surface area (Å²) in [5, 5.41) is 3.19. The predicted molar refractivity (Wildman–Crippen MR) is 45.7 cm³/mol. The summed E-state index contributed by atoms with van der Waals surface area (Å²) in [5.41, 5.74) is 1.75. The molecule has 1 aromatic heterocycles. The standard InChI is InChI=1S/C9H11FN2/c1-9(2)5-11-6-3-4-7(10)12-8(6)9/h3-4,11H,5H2,1-2H3. The van der Waals surface area contributed by atoms with Gasteiger partial charge in [-0.05, 0) is 12.1 Å². The number of aromatic nitrogens is 1. The average Bonchev–Trinajstić information content (AvgIpc) is 2.28. The van der Waals surface area contributed by atoms with Crippen LogP contribution >= 0.6 is 0 Å². The van der Waals surface area contributed by atoms with Gasteiger partial charge < -0.3 is 5.32 Å². The lowest BCUT2D eigenvalue weighted by atomic mass is 9.91. The summed E-state index contributed by atoms with van der Waals surface area (Å²) in [7, 11) is 0. The van der Waals surface area contributed by atoms with E-state index in [1.165, 1.54) is 6.07 Å². The first-order chi connectivity index (χ1) is 5.59. The number of pyridine rings is 1. The molecular weight excluding hydrogens is 155 g/mol. The molecule has 0 amide bonds. The molecule has 0 spiro atoms. The second-order valence-electron chi connectivity index (χ2n) is 3.77. The molecule has 1 N–H and O–H groups in total. The highest BCUT2D eigenvalue weighted by atomic mass is 19.1. The molecule has 0 saturated heterocycles. The fraction of sp³-hybridized carbons (Fsp3) is 0.444. The molecule has 1 aliphatic heterocycles. The van der Waals surface area contributed by atoms with Gasteiger partial charge in [0, 0.05) is 12.0 Å². The zero-order chi connectivity index (χ0) is 8.77. The van der Waals surface area contributed by atoms with Crippen molar-refractivity contribution in [3.05, 3.63) is 23.8 Å². The van der Waals surface area contributed by atoms with Crippen LogP contribution in [0.5, 0.6) is 0 Å². The average molecular weight is 166 g/mol. The topological polar surface area (TPSA) is 24.9 Å². The molecule has 2 rings (SSSR count). The first kappa shape index (κ1) is 7.53. The zero-order valence-electron chi connectivity index (χ0n) is 7.19. The summed E-state index contributed by atoms with van der Waals surface area (Å²) < 4.78 is 12.8. The van der Waals surface area contributed by atoms with Gasteiger partial charge in [0.25, 0.3) is 0 Å². The van der Waals surface area contributed by atoms with Gasteiger partial charge >= 0.3 is 0 Å². The lowest BCUT2D eigenvalue weighted by Crippen LogP contribution is -2.20. The van der Waals surface area contributed by atoms with Gasteiger partial charge in [-0.15, -0.1) is 0 Å². The highest BCUT2D eigenvalue weighted by molar-refractivity contribution is 5.56. The van der Waals surface area contributed by atoms with E-state index in [0.717, 1.165) is 17.9 Å². The number of anilines is 1. The minimum atomic E-state index is -0.398. The molecule has 2 heterocycles. The summed E-state index contributed by atoms with van der Waals surface area (Å²) in [5.74, 6) is -0.398. The molecule has 0 fully saturated rings. The van der Waals surface area contributed by atoms with Gasteiger partial charge in [0.2, 0.25) is 5.95 Å². The third-order valence-electron chi connectivity index (χ3n) is 2.22. The number of nitrogens with zero attached hydrogens (tertiary/aromatic N) is 1. The summed E-state index contributed by atoms with van der Waals surface area (Å²) in [6.45, 7) is 4.94. The van der Waals surface area contributed by atoms with E-state index in [0.29, 0.717) is 0 Å². The van der Waals surface area contributed by atoms with Crippen molar-refractivity contribution in [2.24, 2.45) is 0 Å². The number of halogens is 1. The van der Waals surface area contributed by atoms with Crippen molar-refractivity contribution in [1.29, 1.82) is 0 Å². The van der Waals surface area contributed by atoms with Crippen molar-refractivity contribution in [3.63, 3.8) is 0 Å². The van der Waals surface area contributed by atoms with Crippen LogP contribution in [0.3, 0.4) is 0 Å². The van der Waals surface area contributed by atoms with Crippen molar-refractivity contribution >= 4 is 5.69 Å². The van der Waals surface area contributed by atoms with E-state index in [1.54, 1.807) is 6.07 Å². The Hall–Kier alpha value is -1.12. The Labute approximate surface area is 70.8 Å². The van der Waals surface area contributed by atoms with Crippen molar-refractivity contribution < 1.29 is 4.39 Å². The van der Waals surface area contributed by atoms with Crippen LogP contribution in [0.1, 0.15) is 19.5 Å². The maximum atomic E-state index is 12.8. The van der Waals surface area contributed by atoms with Gasteiger partial charge in [0.1, 0.15) is 0 Å². The molecule has 12 heavy (non-hydrogen) atoms. The lowest BCUT2D eigenvalue weighted by Gasteiger charge is -2.14. The van der Waals surface area contributed by atoms with Crippen LogP contribution in [0.25, 0.3) is 0 Å². The highest BCUT2D eigenvalue weighted by Gasteiger charge is 2.31. The van der Waals surface area contributed by atoms with E-state index < -0.39 is 5.95 Å². The first-order valence-corrected chi connectivity index (χ1v) is 4.00. The number of fused-ring (bicyclic) bond motifs is 1.